The molecule has 0 radical (unpaired) electrons. The predicted octanol–water partition coefficient (Wildman–Crippen LogP) is 4.68. The fourth-order valence-electron chi connectivity index (χ4n) is 2.95. The van der Waals surface area contributed by atoms with Crippen molar-refractivity contribution in [1.29, 1.82) is 0 Å². The second-order valence-electron chi connectivity index (χ2n) is 6.50. The largest absolute Gasteiger partial charge is 0.493 e. The number of rotatable bonds is 8. The van der Waals surface area contributed by atoms with Crippen LogP contribution in [0.1, 0.15) is 18.3 Å². The van der Waals surface area contributed by atoms with Crippen LogP contribution in [0, 0.1) is 0 Å². The Morgan fingerprint density at radius 1 is 1.03 bits per heavy atom. The summed E-state index contributed by atoms with van der Waals surface area (Å²) >= 11 is 1.49. The molecule has 0 amide bonds. The molecule has 6 nitrogen and oxygen atoms in total. The third kappa shape index (κ3) is 4.75. The maximum Gasteiger partial charge on any atom is 0.312 e. The number of hydrogen-bond acceptors (Lipinski definition) is 6. The summed E-state index contributed by atoms with van der Waals surface area (Å²) in [5, 5.41) is 7.14. The van der Waals surface area contributed by atoms with Gasteiger partial charge >= 0.3 is 5.97 Å². The summed E-state index contributed by atoms with van der Waals surface area (Å²) in [5.74, 6) is 0.455. The van der Waals surface area contributed by atoms with Gasteiger partial charge in [-0.25, -0.2) is 9.67 Å². The van der Waals surface area contributed by atoms with E-state index in [0.29, 0.717) is 18.0 Å². The minimum Gasteiger partial charge on any atom is -0.493 e. The van der Waals surface area contributed by atoms with Gasteiger partial charge in [-0.1, -0.05) is 30.3 Å². The molecule has 0 fully saturated rings. The highest BCUT2D eigenvalue weighted by molar-refractivity contribution is 7.13. The Bertz CT molecular complexity index is 1120. The van der Waals surface area contributed by atoms with Gasteiger partial charge in [0.15, 0.2) is 0 Å². The first kappa shape index (κ1) is 19.8. The second kappa shape index (κ2) is 9.37. The van der Waals surface area contributed by atoms with E-state index in [1.54, 1.807) is 4.68 Å². The van der Waals surface area contributed by atoms with Gasteiger partial charge in [-0.15, -0.1) is 11.3 Å². The topological polar surface area (TPSA) is 66.2 Å². The maximum absolute atomic E-state index is 12.3. The van der Waals surface area contributed by atoms with Crippen molar-refractivity contribution in [1.82, 2.24) is 14.8 Å². The number of thiazole rings is 1. The molecule has 2 aromatic carbocycles. The number of para-hydroxylation sites is 2. The molecule has 4 rings (SSSR count). The molecular weight excluding hydrogens is 398 g/mol. The summed E-state index contributed by atoms with van der Waals surface area (Å²) in [7, 11) is 0. The van der Waals surface area contributed by atoms with Crippen LogP contribution in [-0.4, -0.2) is 27.3 Å². The van der Waals surface area contributed by atoms with Crippen LogP contribution < -0.4 is 4.74 Å². The van der Waals surface area contributed by atoms with Gasteiger partial charge in [0.05, 0.1) is 30.0 Å². The van der Waals surface area contributed by atoms with E-state index in [4.69, 9.17) is 9.47 Å². The summed E-state index contributed by atoms with van der Waals surface area (Å²) in [4.78, 5) is 16.8. The van der Waals surface area contributed by atoms with E-state index in [9.17, 15) is 4.79 Å². The normalized spacial score (nSPS) is 10.7. The second-order valence-corrected chi connectivity index (χ2v) is 7.36. The van der Waals surface area contributed by atoms with Crippen molar-refractivity contribution in [3.8, 4) is 22.0 Å². The molecule has 0 aliphatic heterocycles. The molecule has 0 saturated heterocycles. The predicted molar refractivity (Wildman–Crippen MR) is 116 cm³/mol. The van der Waals surface area contributed by atoms with Crippen LogP contribution in [-0.2, 0) is 22.6 Å². The highest BCUT2D eigenvalue weighted by atomic mass is 32.1. The van der Waals surface area contributed by atoms with Gasteiger partial charge in [0.2, 0.25) is 0 Å². The van der Waals surface area contributed by atoms with E-state index in [0.717, 1.165) is 22.0 Å². The molecule has 0 unspecified atom stereocenters. The molecule has 0 aliphatic carbocycles. The van der Waals surface area contributed by atoms with Crippen molar-refractivity contribution in [3.63, 3.8) is 0 Å². The van der Waals surface area contributed by atoms with E-state index in [1.165, 1.54) is 11.3 Å². The zero-order valence-electron chi connectivity index (χ0n) is 16.5. The Labute approximate surface area is 178 Å². The molecule has 0 aliphatic rings. The van der Waals surface area contributed by atoms with Gasteiger partial charge in [-0.05, 0) is 37.3 Å². The van der Waals surface area contributed by atoms with Crippen molar-refractivity contribution in [2.75, 3.05) is 6.61 Å². The molecule has 0 atom stereocenters. The smallest absolute Gasteiger partial charge is 0.312 e. The summed E-state index contributed by atoms with van der Waals surface area (Å²) in [5.41, 5.74) is 3.26. The summed E-state index contributed by atoms with van der Waals surface area (Å²) in [6.07, 6.45) is 1.97. The lowest BCUT2D eigenvalue weighted by Gasteiger charge is -2.07. The van der Waals surface area contributed by atoms with Crippen molar-refractivity contribution in [3.05, 3.63) is 83.6 Å². The van der Waals surface area contributed by atoms with Crippen LogP contribution in [0.25, 0.3) is 16.3 Å². The first-order chi connectivity index (χ1) is 14.7. The zero-order chi connectivity index (χ0) is 20.8. The van der Waals surface area contributed by atoms with E-state index >= 15 is 0 Å². The van der Waals surface area contributed by atoms with Gasteiger partial charge in [-0.2, -0.15) is 5.10 Å². The van der Waals surface area contributed by atoms with Gasteiger partial charge in [0, 0.05) is 11.6 Å². The highest BCUT2D eigenvalue weighted by Crippen LogP contribution is 2.32. The van der Waals surface area contributed by atoms with Crippen LogP contribution in [0.15, 0.2) is 72.2 Å². The van der Waals surface area contributed by atoms with E-state index in [1.807, 2.05) is 79.2 Å². The molecule has 7 heteroatoms. The average Bonchev–Trinajstić information content (AvgIpc) is 3.43. The van der Waals surface area contributed by atoms with Gasteiger partial charge in [0.1, 0.15) is 23.1 Å². The zero-order valence-corrected chi connectivity index (χ0v) is 17.3. The van der Waals surface area contributed by atoms with Gasteiger partial charge < -0.3 is 9.47 Å². The average molecular weight is 420 g/mol. The van der Waals surface area contributed by atoms with Crippen molar-refractivity contribution in [2.45, 2.75) is 20.0 Å². The number of esters is 1. The number of aromatic nitrogens is 3. The third-order valence-electron chi connectivity index (χ3n) is 4.34. The minimum absolute atomic E-state index is 0.118. The van der Waals surface area contributed by atoms with Crippen molar-refractivity contribution < 1.29 is 14.3 Å². The Morgan fingerprint density at radius 2 is 1.83 bits per heavy atom. The van der Waals surface area contributed by atoms with Gasteiger partial charge in [0.25, 0.3) is 0 Å². The maximum atomic E-state index is 12.3. The molecule has 0 saturated carbocycles. The SMILES string of the molecule is CCOc1ccccc1-c1nc(CC(=O)OCc2ccn(-c3ccccc3)n2)cs1. The van der Waals surface area contributed by atoms with Crippen LogP contribution in [0.3, 0.4) is 0 Å². The van der Waals surface area contributed by atoms with Gasteiger partial charge in [-0.3, -0.25) is 4.79 Å². The molecular formula is C23H21N3O3S. The van der Waals surface area contributed by atoms with Crippen LogP contribution in [0.5, 0.6) is 5.75 Å². The fourth-order valence-corrected chi connectivity index (χ4v) is 3.80. The van der Waals surface area contributed by atoms with E-state index in [2.05, 4.69) is 10.1 Å². The number of benzene rings is 2. The summed E-state index contributed by atoms with van der Waals surface area (Å²) < 4.78 is 12.8. The fraction of sp³-hybridized carbons (Fsp3) is 0.174. The monoisotopic (exact) mass is 419 g/mol. The lowest BCUT2D eigenvalue weighted by atomic mass is 10.2. The molecule has 2 heterocycles. The molecule has 152 valence electrons. The molecule has 4 aromatic rings. The van der Waals surface area contributed by atoms with Crippen molar-refractivity contribution in [2.24, 2.45) is 0 Å². The number of ether oxygens (including phenoxy) is 2. The Morgan fingerprint density at radius 3 is 2.67 bits per heavy atom. The number of carbonyl (C=O) groups excluding carboxylic acids is 1. The number of hydrogen-bond donors (Lipinski definition) is 0. The standard InChI is InChI=1S/C23H21N3O3S/c1-2-28-21-11-7-6-10-20(21)23-24-18(16-30-23)14-22(27)29-15-17-12-13-26(25-17)19-8-4-3-5-9-19/h3-13,16H,2,14-15H2,1H3. The Hall–Kier alpha value is -3.45. The Balaban J connectivity index is 1.35. The quantitative estimate of drug-likeness (QED) is 0.388. The lowest BCUT2D eigenvalue weighted by molar-refractivity contribution is -0.144. The lowest BCUT2D eigenvalue weighted by Crippen LogP contribution is -2.09. The molecule has 2 aromatic heterocycles. The third-order valence-corrected chi connectivity index (χ3v) is 5.26. The van der Waals surface area contributed by atoms with Crippen LogP contribution in [0.2, 0.25) is 0 Å². The minimum atomic E-state index is -0.334. The van der Waals surface area contributed by atoms with E-state index in [-0.39, 0.29) is 19.0 Å². The molecule has 0 spiro atoms. The van der Waals surface area contributed by atoms with E-state index < -0.39 is 0 Å². The highest BCUT2D eigenvalue weighted by Gasteiger charge is 2.13. The number of nitrogens with zero attached hydrogens (tertiary/aromatic N) is 3. The van der Waals surface area contributed by atoms with Crippen molar-refractivity contribution >= 4 is 17.3 Å². The Kier molecular flexibility index (Phi) is 6.20. The first-order valence-electron chi connectivity index (χ1n) is 9.65. The molecule has 0 N–H and O–H groups in total. The van der Waals surface area contributed by atoms with Crippen LogP contribution >= 0.6 is 11.3 Å². The van der Waals surface area contributed by atoms with Crippen LogP contribution in [0.4, 0.5) is 0 Å². The number of carbonyl (C=O) groups is 1. The first-order valence-corrected chi connectivity index (χ1v) is 10.5. The summed E-state index contributed by atoms with van der Waals surface area (Å²) in [6, 6.07) is 19.4. The molecule has 0 bridgehead atoms. The summed E-state index contributed by atoms with van der Waals surface area (Å²) in [6.45, 7) is 2.66. The molecule has 30 heavy (non-hydrogen) atoms.